The maximum Gasteiger partial charge on any atom is 0.416 e. The van der Waals surface area contributed by atoms with E-state index in [1.54, 1.807) is 25.3 Å². The number of benzene rings is 1. The van der Waals surface area contributed by atoms with Gasteiger partial charge in [0, 0.05) is 12.2 Å². The number of aromatic nitrogens is 1. The van der Waals surface area contributed by atoms with E-state index in [1.165, 1.54) is 12.3 Å². The van der Waals surface area contributed by atoms with Crippen LogP contribution in [0.25, 0.3) is 0 Å². The first-order valence-corrected chi connectivity index (χ1v) is 6.29. The van der Waals surface area contributed by atoms with Crippen molar-refractivity contribution in [2.45, 2.75) is 19.1 Å². The quantitative estimate of drug-likeness (QED) is 0.869. The molecule has 0 bridgehead atoms. The molecule has 0 saturated carbocycles. The minimum absolute atomic E-state index is 0.320. The molecule has 0 amide bonds. The second kappa shape index (κ2) is 5.71. The Morgan fingerprint density at radius 1 is 1.25 bits per heavy atom. The van der Waals surface area contributed by atoms with E-state index in [4.69, 9.17) is 11.6 Å². The van der Waals surface area contributed by atoms with Gasteiger partial charge in [0.2, 0.25) is 0 Å². The van der Waals surface area contributed by atoms with Crippen molar-refractivity contribution in [2.75, 3.05) is 5.32 Å². The third kappa shape index (κ3) is 3.42. The van der Waals surface area contributed by atoms with Crippen LogP contribution in [-0.2, 0) is 6.18 Å². The number of nitrogens with one attached hydrogen (secondary N) is 1. The number of anilines is 1. The van der Waals surface area contributed by atoms with Crippen molar-refractivity contribution in [1.82, 2.24) is 4.98 Å². The van der Waals surface area contributed by atoms with Gasteiger partial charge in [0.25, 0.3) is 0 Å². The molecular formula is C14H12ClF3N2. The number of alkyl halides is 3. The van der Waals surface area contributed by atoms with Crippen molar-refractivity contribution in [3.8, 4) is 0 Å². The molecule has 6 heteroatoms. The Kier molecular flexibility index (Phi) is 4.18. The molecule has 1 heterocycles. The summed E-state index contributed by atoms with van der Waals surface area (Å²) in [6.45, 7) is 1.76. The number of halogens is 4. The second-order valence-corrected chi connectivity index (χ2v) is 4.75. The topological polar surface area (TPSA) is 24.9 Å². The van der Waals surface area contributed by atoms with Gasteiger partial charge in [0.1, 0.15) is 0 Å². The van der Waals surface area contributed by atoms with Gasteiger partial charge in [-0.3, -0.25) is 4.98 Å². The number of nitrogens with zero attached hydrogens (tertiary/aromatic N) is 1. The molecule has 1 aromatic heterocycles. The zero-order valence-corrected chi connectivity index (χ0v) is 11.3. The van der Waals surface area contributed by atoms with Gasteiger partial charge in [-0.1, -0.05) is 23.7 Å². The average molecular weight is 301 g/mol. The predicted octanol–water partition coefficient (Wildman–Crippen LogP) is 4.93. The molecule has 1 unspecified atom stereocenters. The first-order valence-electron chi connectivity index (χ1n) is 5.91. The molecule has 0 aliphatic rings. The molecule has 0 radical (unpaired) electrons. The van der Waals surface area contributed by atoms with Crippen LogP contribution in [0.5, 0.6) is 0 Å². The molecule has 20 heavy (non-hydrogen) atoms. The normalized spacial score (nSPS) is 13.1. The first kappa shape index (κ1) is 14.7. The van der Waals surface area contributed by atoms with Crippen LogP contribution in [0.1, 0.15) is 24.1 Å². The number of hydrogen-bond donors (Lipinski definition) is 1. The van der Waals surface area contributed by atoms with Crippen LogP contribution >= 0.6 is 11.6 Å². The second-order valence-electron chi connectivity index (χ2n) is 4.34. The van der Waals surface area contributed by atoms with Gasteiger partial charge in [-0.25, -0.2) is 0 Å². The monoisotopic (exact) mass is 300 g/mol. The fraction of sp³-hybridized carbons (Fsp3) is 0.214. The van der Waals surface area contributed by atoms with Crippen molar-refractivity contribution in [1.29, 1.82) is 0 Å². The highest BCUT2D eigenvalue weighted by Crippen LogP contribution is 2.32. The zero-order valence-electron chi connectivity index (χ0n) is 10.6. The van der Waals surface area contributed by atoms with Crippen LogP contribution in [0.2, 0.25) is 5.02 Å². The lowest BCUT2D eigenvalue weighted by Crippen LogP contribution is -2.10. The summed E-state index contributed by atoms with van der Waals surface area (Å²) in [6.07, 6.45) is -1.27. The third-order valence-corrected chi connectivity index (χ3v) is 3.18. The molecule has 0 aliphatic carbocycles. The first-order chi connectivity index (χ1) is 9.38. The molecule has 0 spiro atoms. The van der Waals surface area contributed by atoms with Gasteiger partial charge < -0.3 is 5.32 Å². The summed E-state index contributed by atoms with van der Waals surface area (Å²) in [4.78, 5) is 3.92. The maximum absolute atomic E-state index is 12.7. The summed E-state index contributed by atoms with van der Waals surface area (Å²) in [6, 6.07) is 6.50. The van der Waals surface area contributed by atoms with Crippen molar-refractivity contribution >= 4 is 17.3 Å². The van der Waals surface area contributed by atoms with Gasteiger partial charge in [-0.05, 0) is 30.7 Å². The van der Waals surface area contributed by atoms with Crippen LogP contribution in [0.3, 0.4) is 0 Å². The highest BCUT2D eigenvalue weighted by Gasteiger charge is 2.30. The molecule has 2 nitrogen and oxygen atoms in total. The maximum atomic E-state index is 12.7. The third-order valence-electron chi connectivity index (χ3n) is 2.85. The number of pyridine rings is 1. The Bertz CT molecular complexity index is 599. The predicted molar refractivity (Wildman–Crippen MR) is 72.7 cm³/mol. The van der Waals surface area contributed by atoms with E-state index in [2.05, 4.69) is 10.3 Å². The van der Waals surface area contributed by atoms with E-state index in [0.29, 0.717) is 16.3 Å². The Hall–Kier alpha value is -1.75. The molecule has 0 fully saturated rings. The van der Waals surface area contributed by atoms with Crippen molar-refractivity contribution in [3.05, 3.63) is 58.9 Å². The highest BCUT2D eigenvalue weighted by molar-refractivity contribution is 6.33. The van der Waals surface area contributed by atoms with Crippen LogP contribution in [-0.4, -0.2) is 4.98 Å². The Labute approximate surface area is 119 Å². The Morgan fingerprint density at radius 3 is 2.65 bits per heavy atom. The average Bonchev–Trinajstić information content (AvgIpc) is 2.40. The van der Waals surface area contributed by atoms with Crippen molar-refractivity contribution < 1.29 is 13.2 Å². The number of hydrogen-bond acceptors (Lipinski definition) is 2. The molecule has 1 aromatic carbocycles. The van der Waals surface area contributed by atoms with E-state index in [0.717, 1.165) is 12.1 Å². The molecule has 0 aliphatic heterocycles. The lowest BCUT2D eigenvalue weighted by molar-refractivity contribution is -0.137. The minimum Gasteiger partial charge on any atom is -0.376 e. The largest absolute Gasteiger partial charge is 0.416 e. The van der Waals surface area contributed by atoms with Crippen molar-refractivity contribution in [3.63, 3.8) is 0 Å². The van der Waals surface area contributed by atoms with Crippen molar-refractivity contribution in [2.24, 2.45) is 0 Å². The van der Waals surface area contributed by atoms with Gasteiger partial charge in [0.05, 0.1) is 22.5 Å². The minimum atomic E-state index is -4.35. The van der Waals surface area contributed by atoms with Gasteiger partial charge in [-0.15, -0.1) is 0 Å². The Morgan fingerprint density at radius 2 is 2.00 bits per heavy atom. The van der Waals surface area contributed by atoms with Gasteiger partial charge >= 0.3 is 6.18 Å². The van der Waals surface area contributed by atoms with Gasteiger partial charge in [0.15, 0.2) is 0 Å². The summed E-state index contributed by atoms with van der Waals surface area (Å²) in [7, 11) is 0. The molecule has 0 saturated heterocycles. The zero-order chi connectivity index (χ0) is 14.8. The Balaban J connectivity index is 2.22. The van der Waals surface area contributed by atoms with E-state index >= 15 is 0 Å². The van der Waals surface area contributed by atoms with E-state index in [1.807, 2.05) is 0 Å². The molecule has 2 rings (SSSR count). The lowest BCUT2D eigenvalue weighted by atomic mass is 10.0. The van der Waals surface area contributed by atoms with Crippen LogP contribution in [0, 0.1) is 0 Å². The summed E-state index contributed by atoms with van der Waals surface area (Å²) >= 11 is 5.98. The summed E-state index contributed by atoms with van der Waals surface area (Å²) in [5, 5.41) is 3.51. The van der Waals surface area contributed by atoms with Crippen LogP contribution in [0.15, 0.2) is 42.7 Å². The summed E-state index contributed by atoms with van der Waals surface area (Å²) in [5.41, 5.74) is 0.444. The standard InChI is InChI=1S/C14H12ClF3N2/c1-9(20-13-8-19-6-5-12(13)15)10-3-2-4-11(7-10)14(16,17)18/h2-9,20H,1H3. The molecule has 1 atom stereocenters. The SMILES string of the molecule is CC(Nc1cnccc1Cl)c1cccc(C(F)(F)F)c1. The fourth-order valence-electron chi connectivity index (χ4n) is 1.78. The van der Waals surface area contributed by atoms with E-state index in [9.17, 15) is 13.2 Å². The molecular weight excluding hydrogens is 289 g/mol. The summed E-state index contributed by atoms with van der Waals surface area (Å²) in [5.74, 6) is 0. The van der Waals surface area contributed by atoms with Crippen LogP contribution in [0.4, 0.5) is 18.9 Å². The highest BCUT2D eigenvalue weighted by atomic mass is 35.5. The molecule has 106 valence electrons. The van der Waals surface area contributed by atoms with E-state index < -0.39 is 11.7 Å². The smallest absolute Gasteiger partial charge is 0.376 e. The molecule has 1 N–H and O–H groups in total. The fourth-order valence-corrected chi connectivity index (χ4v) is 1.94. The lowest BCUT2D eigenvalue weighted by Gasteiger charge is -2.17. The number of rotatable bonds is 3. The van der Waals surface area contributed by atoms with Gasteiger partial charge in [-0.2, -0.15) is 13.2 Å². The summed E-state index contributed by atoms with van der Waals surface area (Å²) < 4.78 is 38.0. The van der Waals surface area contributed by atoms with Crippen LogP contribution < -0.4 is 5.32 Å². The molecule has 2 aromatic rings. The van der Waals surface area contributed by atoms with E-state index in [-0.39, 0.29) is 6.04 Å².